The van der Waals surface area contributed by atoms with Crippen LogP contribution < -0.4 is 5.32 Å². The lowest BCUT2D eigenvalue weighted by Crippen LogP contribution is -2.33. The molecule has 0 saturated heterocycles. The minimum Gasteiger partial charge on any atom is -0.328 e. The van der Waals surface area contributed by atoms with Crippen molar-refractivity contribution in [2.45, 2.75) is 44.6 Å². The number of aromatic nitrogens is 3. The number of nitrogens with one attached hydrogen (secondary N) is 1. The van der Waals surface area contributed by atoms with Crippen molar-refractivity contribution in [3.63, 3.8) is 0 Å². The molecule has 1 N–H and O–H groups in total. The molecule has 2 aliphatic rings. The van der Waals surface area contributed by atoms with Gasteiger partial charge in [0.25, 0.3) is 0 Å². The topological polar surface area (TPSA) is 59.8 Å². The van der Waals surface area contributed by atoms with Crippen LogP contribution in [0, 0.1) is 0 Å². The number of fused-ring (bicyclic) bond motifs is 1. The number of carbonyl (C=O) groups excluding carboxylic acids is 1. The zero-order chi connectivity index (χ0) is 19.3. The molecule has 0 spiro atoms. The van der Waals surface area contributed by atoms with Gasteiger partial charge in [0.2, 0.25) is 5.95 Å². The zero-order valence-corrected chi connectivity index (χ0v) is 16.7. The van der Waals surface area contributed by atoms with Gasteiger partial charge in [-0.3, -0.25) is 4.79 Å². The predicted molar refractivity (Wildman–Crippen MR) is 111 cm³/mol. The van der Waals surface area contributed by atoms with Gasteiger partial charge in [0.1, 0.15) is 12.4 Å². The summed E-state index contributed by atoms with van der Waals surface area (Å²) in [5.74, 6) is 1.61. The Balaban J connectivity index is 1.58. The van der Waals surface area contributed by atoms with E-state index in [9.17, 15) is 4.79 Å². The fraction of sp³-hybridized carbons (Fsp3) is 0.318. The van der Waals surface area contributed by atoms with Gasteiger partial charge in [0.15, 0.2) is 5.78 Å². The zero-order valence-electron chi connectivity index (χ0n) is 15.9. The number of rotatable bonds is 3. The Labute approximate surface area is 168 Å². The fourth-order valence-electron chi connectivity index (χ4n) is 4.25. The van der Waals surface area contributed by atoms with Gasteiger partial charge in [0.05, 0.1) is 0 Å². The number of ketones is 1. The molecule has 0 saturated carbocycles. The van der Waals surface area contributed by atoms with E-state index in [4.69, 9.17) is 0 Å². The molecule has 0 radical (unpaired) electrons. The lowest BCUT2D eigenvalue weighted by atomic mass is 9.80. The summed E-state index contributed by atoms with van der Waals surface area (Å²) in [5, 5.41) is 9.89. The van der Waals surface area contributed by atoms with Crippen molar-refractivity contribution < 1.29 is 4.79 Å². The third-order valence-electron chi connectivity index (χ3n) is 5.73. The van der Waals surface area contributed by atoms with Gasteiger partial charge in [-0.15, -0.1) is 11.3 Å². The average Bonchev–Trinajstić information content (AvgIpc) is 3.38. The van der Waals surface area contributed by atoms with Crippen molar-refractivity contribution in [1.82, 2.24) is 14.8 Å². The first-order valence-electron chi connectivity index (χ1n) is 9.68. The molecule has 5 rings (SSSR count). The van der Waals surface area contributed by atoms with Gasteiger partial charge in [-0.2, -0.15) is 10.1 Å². The molecule has 0 unspecified atom stereocenters. The molecule has 28 heavy (non-hydrogen) atoms. The van der Waals surface area contributed by atoms with Crippen molar-refractivity contribution in [3.8, 4) is 0 Å². The smallest absolute Gasteiger partial charge is 0.226 e. The summed E-state index contributed by atoms with van der Waals surface area (Å²) < 4.78 is 1.84. The lowest BCUT2D eigenvalue weighted by molar-refractivity contribution is -0.116. The molecule has 3 heterocycles. The fourth-order valence-corrected chi connectivity index (χ4v) is 5.08. The van der Waals surface area contributed by atoms with Crippen molar-refractivity contribution in [1.29, 1.82) is 0 Å². The monoisotopic (exact) mass is 390 g/mol. The van der Waals surface area contributed by atoms with E-state index < -0.39 is 0 Å². The van der Waals surface area contributed by atoms with Crippen LogP contribution >= 0.6 is 11.3 Å². The van der Waals surface area contributed by atoms with E-state index in [0.717, 1.165) is 23.3 Å². The van der Waals surface area contributed by atoms with Gasteiger partial charge in [-0.05, 0) is 34.9 Å². The Morgan fingerprint density at radius 2 is 2.00 bits per heavy atom. The number of thiophene rings is 1. The molecule has 1 aliphatic carbocycles. The summed E-state index contributed by atoms with van der Waals surface area (Å²) in [7, 11) is 0. The van der Waals surface area contributed by atoms with Gasteiger partial charge in [0, 0.05) is 28.5 Å². The average molecular weight is 391 g/mol. The summed E-state index contributed by atoms with van der Waals surface area (Å²) in [5.41, 5.74) is 4.20. The SMILES string of the molecule is CC(C)c1ccc([C@@H]2C3=C(C[C@@H](c4cccs4)CC3=O)Nc3ncnn32)cc1. The minimum absolute atomic E-state index is 0.200. The van der Waals surface area contributed by atoms with Crippen molar-refractivity contribution in [3.05, 3.63) is 75.4 Å². The largest absolute Gasteiger partial charge is 0.328 e. The first kappa shape index (κ1) is 17.4. The molecule has 0 fully saturated rings. The summed E-state index contributed by atoms with van der Waals surface area (Å²) in [4.78, 5) is 18.9. The van der Waals surface area contributed by atoms with Crippen LogP contribution in [-0.2, 0) is 4.79 Å². The van der Waals surface area contributed by atoms with Crippen LogP contribution in [0.5, 0.6) is 0 Å². The van der Waals surface area contributed by atoms with Crippen LogP contribution in [0.15, 0.2) is 59.4 Å². The van der Waals surface area contributed by atoms with Crippen LogP contribution in [0.25, 0.3) is 0 Å². The van der Waals surface area contributed by atoms with E-state index in [1.54, 1.807) is 17.7 Å². The Morgan fingerprint density at radius 1 is 1.18 bits per heavy atom. The number of nitrogens with zero attached hydrogens (tertiary/aromatic N) is 3. The highest BCUT2D eigenvalue weighted by atomic mass is 32.1. The van der Waals surface area contributed by atoms with Crippen LogP contribution in [0.4, 0.5) is 5.95 Å². The Bertz CT molecular complexity index is 1050. The molecular weight excluding hydrogens is 368 g/mol. The molecule has 142 valence electrons. The number of carbonyl (C=O) groups is 1. The number of Topliss-reactive ketones (excluding diaryl/α,β-unsaturated/α-hetero) is 1. The highest BCUT2D eigenvalue weighted by Crippen LogP contribution is 2.44. The summed E-state index contributed by atoms with van der Waals surface area (Å²) in [6, 6.07) is 12.5. The summed E-state index contributed by atoms with van der Waals surface area (Å²) >= 11 is 1.72. The van der Waals surface area contributed by atoms with E-state index in [1.165, 1.54) is 10.4 Å². The number of hydrogen-bond donors (Lipinski definition) is 1. The third-order valence-corrected chi connectivity index (χ3v) is 6.76. The van der Waals surface area contributed by atoms with Crippen molar-refractivity contribution in [2.24, 2.45) is 0 Å². The van der Waals surface area contributed by atoms with Crippen molar-refractivity contribution >= 4 is 23.1 Å². The maximum Gasteiger partial charge on any atom is 0.226 e. The number of hydrogen-bond acceptors (Lipinski definition) is 5. The first-order chi connectivity index (χ1) is 13.6. The minimum atomic E-state index is -0.216. The van der Waals surface area contributed by atoms with Gasteiger partial charge in [-0.1, -0.05) is 44.2 Å². The number of anilines is 1. The van der Waals surface area contributed by atoms with Gasteiger partial charge in [-0.25, -0.2) is 4.68 Å². The standard InChI is InChI=1S/C22H22N4OS/c1-13(2)14-5-7-15(8-6-14)21-20-17(25-22-23-12-24-26(21)22)10-16(11-18(20)27)19-4-3-9-28-19/h3-9,12-13,16,21H,10-11H2,1-2H3,(H,23,24,25)/t16-,21-/m1/s1. The van der Waals surface area contributed by atoms with Crippen LogP contribution in [0.3, 0.4) is 0 Å². The second-order valence-electron chi connectivity index (χ2n) is 7.81. The van der Waals surface area contributed by atoms with Crippen molar-refractivity contribution in [2.75, 3.05) is 5.32 Å². The number of benzene rings is 1. The molecule has 1 aliphatic heterocycles. The third kappa shape index (κ3) is 2.79. The lowest BCUT2D eigenvalue weighted by Gasteiger charge is -2.34. The van der Waals surface area contributed by atoms with E-state index >= 15 is 0 Å². The molecule has 0 amide bonds. The van der Waals surface area contributed by atoms with Gasteiger partial charge < -0.3 is 5.32 Å². The summed E-state index contributed by atoms with van der Waals surface area (Å²) in [6.45, 7) is 4.37. The second kappa shape index (κ2) is 6.71. The van der Waals surface area contributed by atoms with Crippen LogP contribution in [-0.4, -0.2) is 20.5 Å². The molecule has 1 aromatic carbocycles. The maximum atomic E-state index is 13.3. The normalized spacial score (nSPS) is 21.5. The van der Waals surface area contributed by atoms with E-state index in [-0.39, 0.29) is 17.7 Å². The molecule has 2 aromatic heterocycles. The van der Waals surface area contributed by atoms with E-state index in [2.05, 4.69) is 71.0 Å². The molecule has 6 heteroatoms. The molecule has 5 nitrogen and oxygen atoms in total. The van der Waals surface area contributed by atoms with E-state index in [1.807, 2.05) is 4.68 Å². The van der Waals surface area contributed by atoms with Crippen LogP contribution in [0.1, 0.15) is 60.6 Å². The van der Waals surface area contributed by atoms with Gasteiger partial charge >= 0.3 is 0 Å². The highest BCUT2D eigenvalue weighted by Gasteiger charge is 2.39. The highest BCUT2D eigenvalue weighted by molar-refractivity contribution is 7.10. The van der Waals surface area contributed by atoms with E-state index in [0.29, 0.717) is 18.3 Å². The Hall–Kier alpha value is -2.73. The Morgan fingerprint density at radius 3 is 2.71 bits per heavy atom. The number of allylic oxidation sites excluding steroid dienone is 2. The maximum absolute atomic E-state index is 13.3. The second-order valence-corrected chi connectivity index (χ2v) is 8.79. The predicted octanol–water partition coefficient (Wildman–Crippen LogP) is 4.88. The molecular formula is C22H22N4OS. The summed E-state index contributed by atoms with van der Waals surface area (Å²) in [6.07, 6.45) is 2.93. The van der Waals surface area contributed by atoms with Crippen LogP contribution in [0.2, 0.25) is 0 Å². The molecule has 3 aromatic rings. The molecule has 2 atom stereocenters. The Kier molecular flexibility index (Phi) is 4.16. The first-order valence-corrected chi connectivity index (χ1v) is 10.6. The molecule has 0 bridgehead atoms. The quantitative estimate of drug-likeness (QED) is 0.692.